The Morgan fingerprint density at radius 1 is 1.00 bits per heavy atom. The van der Waals surface area contributed by atoms with E-state index in [1.54, 1.807) is 0 Å². The van der Waals surface area contributed by atoms with Crippen molar-refractivity contribution in [2.24, 2.45) is 5.92 Å². The van der Waals surface area contributed by atoms with Gasteiger partial charge in [0.1, 0.15) is 0 Å². The third-order valence-electron chi connectivity index (χ3n) is 7.10. The van der Waals surface area contributed by atoms with Crippen molar-refractivity contribution in [2.75, 3.05) is 51.0 Å². The van der Waals surface area contributed by atoms with Crippen LogP contribution in [0.1, 0.15) is 18.4 Å². The molecule has 0 atom stereocenters. The third kappa shape index (κ3) is 4.28. The molecule has 3 aliphatic heterocycles. The lowest BCUT2D eigenvalue weighted by atomic mass is 9.95. The number of piperazine rings is 1. The molecule has 1 N–H and O–H groups in total. The summed E-state index contributed by atoms with van der Waals surface area (Å²) >= 11 is 6.09. The molecule has 1 aromatic heterocycles. The van der Waals surface area contributed by atoms with Crippen molar-refractivity contribution in [3.8, 4) is 11.5 Å². The molecule has 178 valence electrons. The first-order chi connectivity index (χ1) is 16.6. The predicted molar refractivity (Wildman–Crippen MR) is 130 cm³/mol. The van der Waals surface area contributed by atoms with Gasteiger partial charge in [0.2, 0.25) is 18.6 Å². The first kappa shape index (κ1) is 21.6. The predicted octanol–water partition coefficient (Wildman–Crippen LogP) is 3.51. The number of nitrogens with zero attached hydrogens (tertiary/aromatic N) is 4. The van der Waals surface area contributed by atoms with Crippen LogP contribution in [0.2, 0.25) is 5.02 Å². The van der Waals surface area contributed by atoms with E-state index in [-0.39, 0.29) is 5.92 Å². The number of carbonyl (C=O) groups excluding carboxylic acids is 1. The molecular weight excluding hydrogens is 454 g/mol. The van der Waals surface area contributed by atoms with Gasteiger partial charge in [-0.05, 0) is 48.7 Å². The second-order valence-electron chi connectivity index (χ2n) is 9.27. The molecule has 0 unspecified atom stereocenters. The lowest BCUT2D eigenvalue weighted by molar-refractivity contribution is -0.138. The van der Waals surface area contributed by atoms with Gasteiger partial charge < -0.3 is 24.3 Å². The van der Waals surface area contributed by atoms with E-state index in [1.807, 2.05) is 24.3 Å². The van der Waals surface area contributed by atoms with Crippen LogP contribution >= 0.6 is 11.6 Å². The Labute approximate surface area is 203 Å². The van der Waals surface area contributed by atoms with Crippen molar-refractivity contribution in [3.05, 3.63) is 47.0 Å². The molecule has 2 saturated heterocycles. The van der Waals surface area contributed by atoms with Crippen molar-refractivity contribution in [1.82, 2.24) is 19.8 Å². The number of hydrogen-bond donors (Lipinski definition) is 1. The van der Waals surface area contributed by atoms with Crippen molar-refractivity contribution < 1.29 is 14.3 Å². The van der Waals surface area contributed by atoms with Crippen LogP contribution in [0.25, 0.3) is 11.0 Å². The fourth-order valence-electron chi connectivity index (χ4n) is 5.14. The normalized spacial score (nSPS) is 19.2. The number of carbonyl (C=O) groups is 1. The molecule has 0 saturated carbocycles. The van der Waals surface area contributed by atoms with E-state index in [1.165, 1.54) is 5.56 Å². The number of anilines is 1. The SMILES string of the molecule is O=C(C1CCN(c2nc3ccc(Cl)cc3[nH]2)CC1)N1CCN(Cc2ccc3c(c2)OCO3)CC1. The molecule has 0 radical (unpaired) electrons. The maximum atomic E-state index is 13.2. The monoisotopic (exact) mass is 481 g/mol. The van der Waals surface area contributed by atoms with E-state index in [0.29, 0.717) is 17.7 Å². The summed E-state index contributed by atoms with van der Waals surface area (Å²) in [6.07, 6.45) is 1.71. The summed E-state index contributed by atoms with van der Waals surface area (Å²) < 4.78 is 10.9. The van der Waals surface area contributed by atoms with Gasteiger partial charge >= 0.3 is 0 Å². The van der Waals surface area contributed by atoms with Crippen LogP contribution in [-0.4, -0.2) is 71.7 Å². The minimum atomic E-state index is 0.0930. The number of amides is 1. The first-order valence-corrected chi connectivity index (χ1v) is 12.3. The van der Waals surface area contributed by atoms with Gasteiger partial charge in [0, 0.05) is 56.8 Å². The van der Waals surface area contributed by atoms with Gasteiger partial charge in [0.15, 0.2) is 11.5 Å². The standard InChI is InChI=1S/C25H28ClN5O3/c26-19-2-3-20-21(14-19)28-25(27-20)31-7-5-18(6-8-31)24(32)30-11-9-29(10-12-30)15-17-1-4-22-23(13-17)34-16-33-22/h1-4,13-14,18H,5-12,15-16H2,(H,27,28). The van der Waals surface area contributed by atoms with Gasteiger partial charge in [0.25, 0.3) is 0 Å². The third-order valence-corrected chi connectivity index (χ3v) is 7.34. The van der Waals surface area contributed by atoms with Crippen LogP contribution in [0.5, 0.6) is 11.5 Å². The molecule has 6 rings (SSSR count). The Balaban J connectivity index is 0.998. The Morgan fingerprint density at radius 2 is 1.79 bits per heavy atom. The van der Waals surface area contributed by atoms with E-state index >= 15 is 0 Å². The van der Waals surface area contributed by atoms with Crippen LogP contribution in [-0.2, 0) is 11.3 Å². The number of H-pyrrole nitrogens is 1. The second kappa shape index (κ2) is 9.00. The Morgan fingerprint density at radius 3 is 2.62 bits per heavy atom. The van der Waals surface area contributed by atoms with E-state index in [0.717, 1.165) is 87.1 Å². The van der Waals surface area contributed by atoms with Crippen LogP contribution in [0.3, 0.4) is 0 Å². The number of fused-ring (bicyclic) bond motifs is 2. The smallest absolute Gasteiger partial charge is 0.231 e. The number of aromatic amines is 1. The summed E-state index contributed by atoms with van der Waals surface area (Å²) in [6, 6.07) is 11.8. The summed E-state index contributed by atoms with van der Waals surface area (Å²) in [5.41, 5.74) is 3.07. The number of aromatic nitrogens is 2. The van der Waals surface area contributed by atoms with Crippen LogP contribution in [0, 0.1) is 5.92 Å². The quantitative estimate of drug-likeness (QED) is 0.614. The number of piperidine rings is 1. The maximum absolute atomic E-state index is 13.2. The summed E-state index contributed by atoms with van der Waals surface area (Å²) in [5.74, 6) is 2.90. The van der Waals surface area contributed by atoms with Crippen molar-refractivity contribution in [1.29, 1.82) is 0 Å². The van der Waals surface area contributed by atoms with Crippen LogP contribution in [0.4, 0.5) is 5.95 Å². The number of nitrogens with one attached hydrogen (secondary N) is 1. The molecule has 2 aromatic carbocycles. The number of rotatable bonds is 4. The summed E-state index contributed by atoms with van der Waals surface area (Å²) in [4.78, 5) is 27.9. The van der Waals surface area contributed by atoms with Gasteiger partial charge in [-0.3, -0.25) is 9.69 Å². The van der Waals surface area contributed by atoms with Gasteiger partial charge in [-0.2, -0.15) is 0 Å². The number of hydrogen-bond acceptors (Lipinski definition) is 6. The fraction of sp³-hybridized carbons (Fsp3) is 0.440. The molecule has 0 spiro atoms. The molecule has 4 heterocycles. The van der Waals surface area contributed by atoms with E-state index in [4.69, 9.17) is 26.1 Å². The average Bonchev–Trinajstić information content (AvgIpc) is 3.50. The van der Waals surface area contributed by atoms with Crippen LogP contribution < -0.4 is 14.4 Å². The number of ether oxygens (including phenoxy) is 2. The summed E-state index contributed by atoms with van der Waals surface area (Å²) in [7, 11) is 0. The summed E-state index contributed by atoms with van der Waals surface area (Å²) in [6.45, 7) is 6.16. The highest BCUT2D eigenvalue weighted by Crippen LogP contribution is 2.33. The topological polar surface area (TPSA) is 73.9 Å². The lowest BCUT2D eigenvalue weighted by Gasteiger charge is -2.38. The molecule has 3 aromatic rings. The zero-order chi connectivity index (χ0) is 23.1. The molecule has 8 nitrogen and oxygen atoms in total. The average molecular weight is 482 g/mol. The highest BCUT2D eigenvalue weighted by atomic mass is 35.5. The minimum absolute atomic E-state index is 0.0930. The van der Waals surface area contributed by atoms with Crippen molar-refractivity contribution >= 4 is 34.5 Å². The molecule has 1 amide bonds. The van der Waals surface area contributed by atoms with Gasteiger partial charge in [0.05, 0.1) is 11.0 Å². The van der Waals surface area contributed by atoms with E-state index in [9.17, 15) is 4.79 Å². The minimum Gasteiger partial charge on any atom is -0.454 e. The first-order valence-electron chi connectivity index (χ1n) is 11.9. The Kier molecular flexibility index (Phi) is 5.71. The maximum Gasteiger partial charge on any atom is 0.231 e. The number of imidazole rings is 1. The van der Waals surface area contributed by atoms with Gasteiger partial charge in [-0.15, -0.1) is 0 Å². The zero-order valence-electron chi connectivity index (χ0n) is 19.0. The second-order valence-corrected chi connectivity index (χ2v) is 9.71. The molecule has 0 bridgehead atoms. The Hall–Kier alpha value is -2.97. The summed E-state index contributed by atoms with van der Waals surface area (Å²) in [5, 5.41) is 0.697. The van der Waals surface area contributed by atoms with Gasteiger partial charge in [-0.25, -0.2) is 4.98 Å². The molecule has 3 aliphatic rings. The largest absolute Gasteiger partial charge is 0.454 e. The molecule has 34 heavy (non-hydrogen) atoms. The molecule has 9 heteroatoms. The van der Waals surface area contributed by atoms with Crippen molar-refractivity contribution in [2.45, 2.75) is 19.4 Å². The van der Waals surface area contributed by atoms with Gasteiger partial charge in [-0.1, -0.05) is 17.7 Å². The van der Waals surface area contributed by atoms with E-state index < -0.39 is 0 Å². The molecule has 2 fully saturated rings. The number of halogens is 1. The molecule has 0 aliphatic carbocycles. The van der Waals surface area contributed by atoms with Crippen LogP contribution in [0.15, 0.2) is 36.4 Å². The highest BCUT2D eigenvalue weighted by molar-refractivity contribution is 6.31. The Bertz CT molecular complexity index is 1200. The lowest BCUT2D eigenvalue weighted by Crippen LogP contribution is -2.51. The zero-order valence-corrected chi connectivity index (χ0v) is 19.8. The fourth-order valence-corrected chi connectivity index (χ4v) is 5.31. The van der Waals surface area contributed by atoms with Crippen molar-refractivity contribution in [3.63, 3.8) is 0 Å². The highest BCUT2D eigenvalue weighted by Gasteiger charge is 2.31. The number of benzene rings is 2. The van der Waals surface area contributed by atoms with E-state index in [2.05, 4.69) is 31.8 Å². The molecular formula is C25H28ClN5O3.